The van der Waals surface area contributed by atoms with Crippen molar-refractivity contribution in [3.8, 4) is 0 Å². The Hall–Kier alpha value is -0.640. The van der Waals surface area contributed by atoms with Gasteiger partial charge < -0.3 is 5.32 Å². The lowest BCUT2D eigenvalue weighted by atomic mass is 10.3. The number of hydrogen-bond donors (Lipinski definition) is 1. The van der Waals surface area contributed by atoms with Crippen LogP contribution in [0.15, 0.2) is 11.8 Å². The minimum Gasteiger partial charge on any atom is -0.387 e. The summed E-state index contributed by atoms with van der Waals surface area (Å²) in [6.45, 7) is 0.697. The number of carbonyl (C=O) groups excluding carboxylic acids is 1. The Morgan fingerprint density at radius 1 is 1.58 bits per heavy atom. The molecule has 68 valence electrons. The summed E-state index contributed by atoms with van der Waals surface area (Å²) in [5.41, 5.74) is 0.991. The van der Waals surface area contributed by atoms with E-state index >= 15 is 0 Å². The van der Waals surface area contributed by atoms with Gasteiger partial charge in [-0.05, 0) is 6.42 Å². The normalized spacial score (nSPS) is 19.1. The Morgan fingerprint density at radius 2 is 2.33 bits per heavy atom. The fourth-order valence-electron chi connectivity index (χ4n) is 1.09. The highest BCUT2D eigenvalue weighted by molar-refractivity contribution is 7.84. The summed E-state index contributed by atoms with van der Waals surface area (Å²) >= 11 is 0. The smallest absolute Gasteiger partial charge is 0.157 e. The number of nitrogens with one attached hydrogen (secondary N) is 1. The molecule has 1 unspecified atom stereocenters. The molecule has 1 aliphatic carbocycles. The molecular formula is C8H13NO2S. The van der Waals surface area contributed by atoms with Gasteiger partial charge in [-0.2, -0.15) is 0 Å². The first-order chi connectivity index (χ1) is 5.68. The van der Waals surface area contributed by atoms with Gasteiger partial charge in [0.25, 0.3) is 0 Å². The van der Waals surface area contributed by atoms with Crippen LogP contribution in [0.5, 0.6) is 0 Å². The van der Waals surface area contributed by atoms with Gasteiger partial charge in [0, 0.05) is 47.5 Å². The van der Waals surface area contributed by atoms with Crippen molar-refractivity contribution in [2.75, 3.05) is 18.6 Å². The van der Waals surface area contributed by atoms with Crippen LogP contribution in [0.25, 0.3) is 0 Å². The van der Waals surface area contributed by atoms with E-state index in [1.807, 2.05) is 0 Å². The van der Waals surface area contributed by atoms with Crippen molar-refractivity contribution in [2.45, 2.75) is 12.8 Å². The van der Waals surface area contributed by atoms with Crippen LogP contribution in [-0.4, -0.2) is 28.5 Å². The number of allylic oxidation sites excluding steroid dienone is 2. The predicted molar refractivity (Wildman–Crippen MR) is 49.3 cm³/mol. The maximum Gasteiger partial charge on any atom is 0.157 e. The molecule has 0 heterocycles. The molecule has 0 aliphatic heterocycles. The maximum atomic E-state index is 10.8. The predicted octanol–water partition coefficient (Wildman–Crippen LogP) is 0.201. The van der Waals surface area contributed by atoms with E-state index in [1.165, 1.54) is 0 Å². The summed E-state index contributed by atoms with van der Waals surface area (Å²) in [6, 6.07) is 0. The van der Waals surface area contributed by atoms with Crippen molar-refractivity contribution in [1.29, 1.82) is 0 Å². The highest BCUT2D eigenvalue weighted by atomic mass is 32.2. The Balaban J connectivity index is 2.20. The standard InChI is InChI=1S/C8H13NO2S/c1-12(11)5-4-9-7-2-3-8(10)6-7/h6,9H,2-5H2,1H3. The average molecular weight is 187 g/mol. The van der Waals surface area contributed by atoms with Crippen molar-refractivity contribution in [2.24, 2.45) is 0 Å². The maximum absolute atomic E-state index is 10.8. The van der Waals surface area contributed by atoms with Crippen LogP contribution in [-0.2, 0) is 15.6 Å². The lowest BCUT2D eigenvalue weighted by molar-refractivity contribution is -0.114. The molecule has 0 radical (unpaired) electrons. The van der Waals surface area contributed by atoms with Crippen LogP contribution in [0.3, 0.4) is 0 Å². The lowest BCUT2D eigenvalue weighted by Gasteiger charge is -2.03. The summed E-state index contributed by atoms with van der Waals surface area (Å²) in [5, 5.41) is 3.09. The van der Waals surface area contributed by atoms with Gasteiger partial charge in [-0.1, -0.05) is 0 Å². The Bertz CT molecular complexity index is 235. The third kappa shape index (κ3) is 3.17. The van der Waals surface area contributed by atoms with Gasteiger partial charge in [0.2, 0.25) is 0 Å². The zero-order valence-corrected chi connectivity index (χ0v) is 7.95. The SMILES string of the molecule is CS(=O)CCNC1=CC(=O)CC1. The largest absolute Gasteiger partial charge is 0.387 e. The average Bonchev–Trinajstić information content (AvgIpc) is 2.35. The van der Waals surface area contributed by atoms with E-state index in [0.29, 0.717) is 18.7 Å². The third-order valence-electron chi connectivity index (χ3n) is 1.72. The van der Waals surface area contributed by atoms with Gasteiger partial charge in [-0.25, -0.2) is 0 Å². The van der Waals surface area contributed by atoms with Crippen molar-refractivity contribution >= 4 is 16.6 Å². The summed E-state index contributed by atoms with van der Waals surface area (Å²) in [7, 11) is -0.749. The molecule has 1 atom stereocenters. The first-order valence-electron chi connectivity index (χ1n) is 3.96. The highest BCUT2D eigenvalue weighted by Gasteiger charge is 2.10. The van der Waals surface area contributed by atoms with Gasteiger partial charge in [0.15, 0.2) is 5.78 Å². The van der Waals surface area contributed by atoms with Gasteiger partial charge >= 0.3 is 0 Å². The second-order valence-corrected chi connectivity index (χ2v) is 4.39. The molecule has 1 N–H and O–H groups in total. The van der Waals surface area contributed by atoms with Crippen LogP contribution >= 0.6 is 0 Å². The summed E-state index contributed by atoms with van der Waals surface area (Å²) in [5.74, 6) is 0.834. The quantitative estimate of drug-likeness (QED) is 0.684. The van der Waals surface area contributed by atoms with Crippen molar-refractivity contribution < 1.29 is 9.00 Å². The molecule has 0 bridgehead atoms. The summed E-state index contributed by atoms with van der Waals surface area (Å²) in [4.78, 5) is 10.8. The van der Waals surface area contributed by atoms with E-state index in [-0.39, 0.29) is 5.78 Å². The molecule has 1 aliphatic rings. The first-order valence-corrected chi connectivity index (χ1v) is 5.68. The molecular weight excluding hydrogens is 174 g/mol. The van der Waals surface area contributed by atoms with Crippen LogP contribution < -0.4 is 5.32 Å². The summed E-state index contributed by atoms with van der Waals surface area (Å²) < 4.78 is 10.7. The molecule has 1 rings (SSSR count). The minimum atomic E-state index is -0.749. The topological polar surface area (TPSA) is 46.2 Å². The molecule has 0 aromatic heterocycles. The lowest BCUT2D eigenvalue weighted by Crippen LogP contribution is -2.18. The molecule has 4 heteroatoms. The number of hydrogen-bond acceptors (Lipinski definition) is 3. The van der Waals surface area contributed by atoms with Gasteiger partial charge in [0.1, 0.15) is 0 Å². The van der Waals surface area contributed by atoms with E-state index in [4.69, 9.17) is 0 Å². The van der Waals surface area contributed by atoms with E-state index in [2.05, 4.69) is 5.32 Å². The van der Waals surface area contributed by atoms with Crippen LogP contribution in [0.2, 0.25) is 0 Å². The van der Waals surface area contributed by atoms with Crippen molar-refractivity contribution in [3.63, 3.8) is 0 Å². The number of rotatable bonds is 4. The Morgan fingerprint density at radius 3 is 2.83 bits per heavy atom. The Kier molecular flexibility index (Phi) is 3.47. The van der Waals surface area contributed by atoms with Crippen LogP contribution in [0.1, 0.15) is 12.8 Å². The fraction of sp³-hybridized carbons (Fsp3) is 0.625. The van der Waals surface area contributed by atoms with E-state index in [0.717, 1.165) is 12.1 Å². The van der Waals surface area contributed by atoms with Crippen LogP contribution in [0.4, 0.5) is 0 Å². The molecule has 0 saturated carbocycles. The fourth-order valence-corrected chi connectivity index (χ4v) is 1.48. The Labute approximate surface area is 74.7 Å². The van der Waals surface area contributed by atoms with E-state index in [1.54, 1.807) is 12.3 Å². The van der Waals surface area contributed by atoms with E-state index in [9.17, 15) is 9.00 Å². The number of carbonyl (C=O) groups is 1. The first kappa shape index (κ1) is 9.45. The van der Waals surface area contributed by atoms with E-state index < -0.39 is 10.8 Å². The molecule has 12 heavy (non-hydrogen) atoms. The van der Waals surface area contributed by atoms with Crippen LogP contribution in [0, 0.1) is 0 Å². The zero-order valence-electron chi connectivity index (χ0n) is 7.13. The second kappa shape index (κ2) is 4.40. The van der Waals surface area contributed by atoms with Gasteiger partial charge in [0.05, 0.1) is 0 Å². The highest BCUT2D eigenvalue weighted by Crippen LogP contribution is 2.10. The molecule has 3 nitrogen and oxygen atoms in total. The molecule has 0 aromatic rings. The minimum absolute atomic E-state index is 0.190. The third-order valence-corrected chi connectivity index (χ3v) is 2.50. The molecule has 0 spiro atoms. The number of ketones is 1. The molecule has 0 saturated heterocycles. The second-order valence-electron chi connectivity index (χ2n) is 2.84. The monoisotopic (exact) mass is 187 g/mol. The summed E-state index contributed by atoms with van der Waals surface area (Å²) in [6.07, 6.45) is 4.75. The molecule has 0 amide bonds. The molecule has 0 aromatic carbocycles. The van der Waals surface area contributed by atoms with Crippen molar-refractivity contribution in [1.82, 2.24) is 5.32 Å². The van der Waals surface area contributed by atoms with Gasteiger partial charge in [-0.3, -0.25) is 9.00 Å². The van der Waals surface area contributed by atoms with Gasteiger partial charge in [-0.15, -0.1) is 0 Å². The van der Waals surface area contributed by atoms with Crippen molar-refractivity contribution in [3.05, 3.63) is 11.8 Å². The molecule has 0 fully saturated rings. The zero-order chi connectivity index (χ0) is 8.97.